The lowest BCUT2D eigenvalue weighted by Gasteiger charge is -2.28. The molecule has 2 heteroatoms. The highest BCUT2D eigenvalue weighted by Gasteiger charge is 2.16. The summed E-state index contributed by atoms with van der Waals surface area (Å²) >= 11 is 0. The van der Waals surface area contributed by atoms with Gasteiger partial charge < -0.3 is 4.74 Å². The van der Waals surface area contributed by atoms with Crippen molar-refractivity contribution < 1.29 is 9.22 Å². The third-order valence-corrected chi connectivity index (χ3v) is 1.32. The highest BCUT2D eigenvalue weighted by Crippen LogP contribution is 2.09. The second-order valence-electron chi connectivity index (χ2n) is 3.23. The van der Waals surface area contributed by atoms with Crippen LogP contribution in [0.1, 0.15) is 6.92 Å². The van der Waals surface area contributed by atoms with Gasteiger partial charge in [-0.25, -0.2) is 0 Å². The Morgan fingerprint density at radius 2 is 2.22 bits per heavy atom. The standard InChI is InChI=1S/C7H14NO/c1-7-4-8(2,3)6-9-5-7/h4H,5-6H2,1-3H3/q+1. The summed E-state index contributed by atoms with van der Waals surface area (Å²) in [7, 11) is 4.26. The van der Waals surface area contributed by atoms with Crippen molar-refractivity contribution in [1.82, 2.24) is 0 Å². The van der Waals surface area contributed by atoms with Gasteiger partial charge in [0, 0.05) is 5.57 Å². The van der Waals surface area contributed by atoms with E-state index >= 15 is 0 Å². The molecular weight excluding hydrogens is 114 g/mol. The molecule has 0 aromatic heterocycles. The van der Waals surface area contributed by atoms with E-state index in [1.54, 1.807) is 0 Å². The maximum atomic E-state index is 5.30. The molecule has 9 heavy (non-hydrogen) atoms. The topological polar surface area (TPSA) is 9.23 Å². The fourth-order valence-corrected chi connectivity index (χ4v) is 1.11. The summed E-state index contributed by atoms with van der Waals surface area (Å²) in [6, 6.07) is 0. The lowest BCUT2D eigenvalue weighted by atomic mass is 10.3. The maximum Gasteiger partial charge on any atom is 0.187 e. The van der Waals surface area contributed by atoms with Crippen LogP contribution < -0.4 is 0 Å². The van der Waals surface area contributed by atoms with Crippen LogP contribution >= 0.6 is 0 Å². The summed E-state index contributed by atoms with van der Waals surface area (Å²) in [4.78, 5) is 0. The van der Waals surface area contributed by atoms with E-state index in [1.807, 2.05) is 0 Å². The van der Waals surface area contributed by atoms with Crippen molar-refractivity contribution in [2.45, 2.75) is 6.92 Å². The van der Waals surface area contributed by atoms with Gasteiger partial charge in [0.25, 0.3) is 0 Å². The van der Waals surface area contributed by atoms with Gasteiger partial charge in [0.15, 0.2) is 6.73 Å². The van der Waals surface area contributed by atoms with E-state index in [1.165, 1.54) is 5.57 Å². The van der Waals surface area contributed by atoms with Gasteiger partial charge in [0.1, 0.15) is 0 Å². The van der Waals surface area contributed by atoms with Crippen LogP contribution in [0.3, 0.4) is 0 Å². The summed E-state index contributed by atoms with van der Waals surface area (Å²) < 4.78 is 6.15. The molecule has 0 fully saturated rings. The number of nitrogens with zero attached hydrogens (tertiary/aromatic N) is 1. The van der Waals surface area contributed by atoms with Crippen molar-refractivity contribution in [2.75, 3.05) is 27.4 Å². The quantitative estimate of drug-likeness (QED) is 0.441. The zero-order chi connectivity index (χ0) is 6.91. The van der Waals surface area contributed by atoms with Crippen molar-refractivity contribution >= 4 is 0 Å². The summed E-state index contributed by atoms with van der Waals surface area (Å²) in [5.74, 6) is 0. The van der Waals surface area contributed by atoms with E-state index in [9.17, 15) is 0 Å². The van der Waals surface area contributed by atoms with Crippen molar-refractivity contribution in [2.24, 2.45) is 0 Å². The summed E-state index contributed by atoms with van der Waals surface area (Å²) in [5.41, 5.74) is 1.33. The predicted molar refractivity (Wildman–Crippen MR) is 36.7 cm³/mol. The Kier molecular flexibility index (Phi) is 1.60. The Hall–Kier alpha value is -0.340. The molecule has 0 aromatic rings. The van der Waals surface area contributed by atoms with Crippen LogP contribution in [0.25, 0.3) is 0 Å². The first-order chi connectivity index (χ1) is 4.10. The number of rotatable bonds is 0. The normalized spacial score (nSPS) is 25.4. The number of ether oxygens (including phenoxy) is 1. The number of quaternary nitrogens is 1. The average molecular weight is 128 g/mol. The van der Waals surface area contributed by atoms with Crippen LogP contribution in [0.2, 0.25) is 0 Å². The minimum Gasteiger partial charge on any atom is -0.327 e. The zero-order valence-corrected chi connectivity index (χ0v) is 6.35. The molecule has 0 amide bonds. The van der Waals surface area contributed by atoms with Crippen LogP contribution in [0.4, 0.5) is 0 Å². The average Bonchev–Trinajstić information content (AvgIpc) is 1.60. The molecule has 0 aromatic carbocycles. The lowest BCUT2D eigenvalue weighted by molar-refractivity contribution is -0.864. The lowest BCUT2D eigenvalue weighted by Crippen LogP contribution is -2.39. The highest BCUT2D eigenvalue weighted by atomic mass is 16.5. The summed E-state index contributed by atoms with van der Waals surface area (Å²) in [6.45, 7) is 3.71. The van der Waals surface area contributed by atoms with Crippen molar-refractivity contribution in [3.05, 3.63) is 11.8 Å². The van der Waals surface area contributed by atoms with E-state index in [0.29, 0.717) is 0 Å². The molecule has 1 aliphatic heterocycles. The van der Waals surface area contributed by atoms with Crippen molar-refractivity contribution in [3.63, 3.8) is 0 Å². The van der Waals surface area contributed by atoms with E-state index in [0.717, 1.165) is 17.8 Å². The van der Waals surface area contributed by atoms with Crippen LogP contribution in [-0.2, 0) is 4.74 Å². The van der Waals surface area contributed by atoms with Gasteiger partial charge in [-0.1, -0.05) is 0 Å². The third kappa shape index (κ3) is 1.80. The Morgan fingerprint density at radius 3 is 2.56 bits per heavy atom. The van der Waals surface area contributed by atoms with Crippen LogP contribution in [0, 0.1) is 0 Å². The minimum atomic E-state index is 0.803. The Balaban J connectivity index is 2.68. The van der Waals surface area contributed by atoms with Crippen LogP contribution in [0.5, 0.6) is 0 Å². The first-order valence-corrected chi connectivity index (χ1v) is 3.19. The second-order valence-corrected chi connectivity index (χ2v) is 3.23. The van der Waals surface area contributed by atoms with Gasteiger partial charge in [-0.2, -0.15) is 0 Å². The molecule has 1 heterocycles. The monoisotopic (exact) mass is 128 g/mol. The molecule has 0 N–H and O–H groups in total. The van der Waals surface area contributed by atoms with E-state index in [-0.39, 0.29) is 0 Å². The van der Waals surface area contributed by atoms with Crippen molar-refractivity contribution in [1.29, 1.82) is 0 Å². The van der Waals surface area contributed by atoms with Crippen molar-refractivity contribution in [3.8, 4) is 0 Å². The summed E-state index contributed by atoms with van der Waals surface area (Å²) in [6.07, 6.45) is 2.23. The third-order valence-electron chi connectivity index (χ3n) is 1.32. The van der Waals surface area contributed by atoms with E-state index < -0.39 is 0 Å². The molecule has 0 aliphatic carbocycles. The fourth-order valence-electron chi connectivity index (χ4n) is 1.11. The molecule has 1 rings (SSSR count). The molecule has 1 aliphatic rings. The van der Waals surface area contributed by atoms with Gasteiger partial charge in [-0.3, -0.25) is 4.48 Å². The molecule has 0 atom stereocenters. The Labute approximate surface area is 56.3 Å². The predicted octanol–water partition coefficient (Wildman–Crippen LogP) is 0.954. The smallest absolute Gasteiger partial charge is 0.187 e. The van der Waals surface area contributed by atoms with E-state index in [4.69, 9.17) is 4.74 Å². The molecule has 0 saturated heterocycles. The maximum absolute atomic E-state index is 5.30. The SMILES string of the molecule is CC1=C[N+](C)(C)COC1. The first-order valence-electron chi connectivity index (χ1n) is 3.19. The molecule has 0 radical (unpaired) electrons. The van der Waals surface area contributed by atoms with Crippen LogP contribution in [0.15, 0.2) is 11.8 Å². The minimum absolute atomic E-state index is 0.803. The molecular formula is C7H14NO+. The first kappa shape index (κ1) is 6.78. The van der Waals surface area contributed by atoms with Gasteiger partial charge >= 0.3 is 0 Å². The zero-order valence-electron chi connectivity index (χ0n) is 6.35. The largest absolute Gasteiger partial charge is 0.327 e. The van der Waals surface area contributed by atoms with Gasteiger partial charge in [0.05, 0.1) is 26.9 Å². The van der Waals surface area contributed by atoms with Gasteiger partial charge in [0.2, 0.25) is 0 Å². The van der Waals surface area contributed by atoms with Crippen LogP contribution in [-0.4, -0.2) is 31.9 Å². The second kappa shape index (κ2) is 2.12. The van der Waals surface area contributed by atoms with Gasteiger partial charge in [-0.15, -0.1) is 0 Å². The highest BCUT2D eigenvalue weighted by molar-refractivity contribution is 4.94. The van der Waals surface area contributed by atoms with Gasteiger partial charge in [-0.05, 0) is 6.92 Å². The molecule has 0 bridgehead atoms. The molecule has 0 spiro atoms. The summed E-state index contributed by atoms with van der Waals surface area (Å²) in [5, 5.41) is 0. The molecule has 52 valence electrons. The van der Waals surface area contributed by atoms with E-state index in [2.05, 4.69) is 27.2 Å². The Bertz CT molecular complexity index is 138. The fraction of sp³-hybridized carbons (Fsp3) is 0.714. The molecule has 2 nitrogen and oxygen atoms in total. The number of hydrogen-bond donors (Lipinski definition) is 0. The Morgan fingerprint density at radius 1 is 1.56 bits per heavy atom. The number of hydrogen-bond acceptors (Lipinski definition) is 1. The molecule has 0 saturated carbocycles. The molecule has 0 unspecified atom stereocenters.